The van der Waals surface area contributed by atoms with Gasteiger partial charge in [0.2, 0.25) is 0 Å². The summed E-state index contributed by atoms with van der Waals surface area (Å²) in [6.07, 6.45) is 3.58. The summed E-state index contributed by atoms with van der Waals surface area (Å²) in [6.45, 7) is 1.50. The van der Waals surface area contributed by atoms with Crippen molar-refractivity contribution < 1.29 is 9.90 Å². The molecule has 1 unspecified atom stereocenters. The first-order chi connectivity index (χ1) is 9.60. The Hall–Kier alpha value is -1.82. The van der Waals surface area contributed by atoms with Crippen molar-refractivity contribution in [3.8, 4) is 0 Å². The topological polar surface area (TPSA) is 68.7 Å². The highest BCUT2D eigenvalue weighted by atomic mass is 16.3. The average Bonchev–Trinajstić information content (AvgIpc) is 2.47. The molecular formula is C14H22N4O2. The zero-order chi connectivity index (χ0) is 14.5. The number of aromatic nitrogens is 1. The largest absolute Gasteiger partial charge is 0.396 e. The summed E-state index contributed by atoms with van der Waals surface area (Å²) in [5, 5.41) is 12.0. The Morgan fingerprint density at radius 2 is 2.35 bits per heavy atom. The molecule has 1 atom stereocenters. The number of pyridine rings is 1. The Bertz CT molecular complexity index is 447. The van der Waals surface area contributed by atoms with Crippen molar-refractivity contribution in [2.24, 2.45) is 5.92 Å². The van der Waals surface area contributed by atoms with Crippen molar-refractivity contribution in [3.63, 3.8) is 0 Å². The number of piperidine rings is 1. The molecule has 0 bridgehead atoms. The van der Waals surface area contributed by atoms with Crippen LogP contribution in [0.5, 0.6) is 0 Å². The molecule has 0 spiro atoms. The second kappa shape index (κ2) is 6.56. The fourth-order valence-corrected chi connectivity index (χ4v) is 2.33. The Balaban J connectivity index is 1.93. The number of aliphatic hydroxyl groups is 1. The van der Waals surface area contributed by atoms with E-state index in [9.17, 15) is 9.90 Å². The third-order valence-corrected chi connectivity index (χ3v) is 3.52. The Morgan fingerprint density at radius 3 is 2.95 bits per heavy atom. The number of anilines is 2. The summed E-state index contributed by atoms with van der Waals surface area (Å²) in [6, 6.07) is 3.58. The minimum absolute atomic E-state index is 0.123. The number of rotatable bonds is 3. The molecule has 1 aliphatic heterocycles. The highest BCUT2D eigenvalue weighted by molar-refractivity contribution is 5.89. The van der Waals surface area contributed by atoms with E-state index in [1.54, 1.807) is 11.1 Å². The molecule has 6 heteroatoms. The highest BCUT2D eigenvalue weighted by Crippen LogP contribution is 2.17. The van der Waals surface area contributed by atoms with Gasteiger partial charge >= 0.3 is 6.03 Å². The monoisotopic (exact) mass is 278 g/mol. The summed E-state index contributed by atoms with van der Waals surface area (Å²) in [5.74, 6) is 1.05. The standard InChI is InChI=1S/C14H22N4O2/c1-17(2)13-6-5-12(8-15-13)16-14(20)18-7-3-4-11(9-18)10-19/h5-6,8,11,19H,3-4,7,9-10H2,1-2H3,(H,16,20). The quantitative estimate of drug-likeness (QED) is 0.876. The number of urea groups is 1. The SMILES string of the molecule is CN(C)c1ccc(NC(=O)N2CCCC(CO)C2)cn1. The fourth-order valence-electron chi connectivity index (χ4n) is 2.33. The van der Waals surface area contributed by atoms with Crippen LogP contribution in [0, 0.1) is 5.92 Å². The lowest BCUT2D eigenvalue weighted by Crippen LogP contribution is -2.43. The van der Waals surface area contributed by atoms with E-state index in [-0.39, 0.29) is 18.6 Å². The van der Waals surface area contributed by atoms with Crippen LogP contribution < -0.4 is 10.2 Å². The van der Waals surface area contributed by atoms with Crippen molar-refractivity contribution in [2.75, 3.05) is 44.0 Å². The van der Waals surface area contributed by atoms with Crippen molar-refractivity contribution in [2.45, 2.75) is 12.8 Å². The number of likely N-dealkylation sites (tertiary alicyclic amines) is 1. The number of hydrogen-bond acceptors (Lipinski definition) is 4. The minimum atomic E-state index is -0.123. The molecule has 2 heterocycles. The number of nitrogens with one attached hydrogen (secondary N) is 1. The summed E-state index contributed by atoms with van der Waals surface area (Å²) in [5.41, 5.74) is 0.687. The van der Waals surface area contributed by atoms with Gasteiger partial charge in [-0.05, 0) is 30.9 Å². The molecule has 2 rings (SSSR count). The number of carbonyl (C=O) groups is 1. The third-order valence-electron chi connectivity index (χ3n) is 3.52. The maximum Gasteiger partial charge on any atom is 0.321 e. The number of amides is 2. The summed E-state index contributed by atoms with van der Waals surface area (Å²) < 4.78 is 0. The van der Waals surface area contributed by atoms with Crippen molar-refractivity contribution in [1.29, 1.82) is 0 Å². The third kappa shape index (κ3) is 3.60. The van der Waals surface area contributed by atoms with Gasteiger partial charge < -0.3 is 20.2 Å². The number of aliphatic hydroxyl groups excluding tert-OH is 1. The van der Waals surface area contributed by atoms with Gasteiger partial charge in [-0.2, -0.15) is 0 Å². The molecule has 2 amide bonds. The van der Waals surface area contributed by atoms with E-state index in [2.05, 4.69) is 10.3 Å². The van der Waals surface area contributed by atoms with Crippen molar-refractivity contribution in [1.82, 2.24) is 9.88 Å². The molecule has 2 N–H and O–H groups in total. The van der Waals surface area contributed by atoms with Gasteiger partial charge in [0.05, 0.1) is 11.9 Å². The van der Waals surface area contributed by atoms with E-state index >= 15 is 0 Å². The van der Waals surface area contributed by atoms with Gasteiger partial charge in [0, 0.05) is 33.8 Å². The van der Waals surface area contributed by atoms with Crippen molar-refractivity contribution in [3.05, 3.63) is 18.3 Å². The van der Waals surface area contributed by atoms with E-state index in [0.29, 0.717) is 12.2 Å². The summed E-state index contributed by atoms with van der Waals surface area (Å²) >= 11 is 0. The van der Waals surface area contributed by atoms with Crippen LogP contribution in [0.15, 0.2) is 18.3 Å². The number of carbonyl (C=O) groups excluding carboxylic acids is 1. The molecule has 110 valence electrons. The lowest BCUT2D eigenvalue weighted by Gasteiger charge is -2.31. The maximum absolute atomic E-state index is 12.1. The Kier molecular flexibility index (Phi) is 4.79. The van der Waals surface area contributed by atoms with Gasteiger partial charge in [-0.3, -0.25) is 0 Å². The normalized spacial score (nSPS) is 18.8. The highest BCUT2D eigenvalue weighted by Gasteiger charge is 2.23. The molecule has 0 radical (unpaired) electrons. The minimum Gasteiger partial charge on any atom is -0.396 e. The van der Waals surface area contributed by atoms with E-state index in [0.717, 1.165) is 25.2 Å². The number of hydrogen-bond donors (Lipinski definition) is 2. The van der Waals surface area contributed by atoms with Gasteiger partial charge in [-0.15, -0.1) is 0 Å². The first-order valence-electron chi connectivity index (χ1n) is 6.90. The lowest BCUT2D eigenvalue weighted by atomic mass is 9.99. The molecule has 6 nitrogen and oxygen atoms in total. The average molecular weight is 278 g/mol. The lowest BCUT2D eigenvalue weighted by molar-refractivity contribution is 0.136. The van der Waals surface area contributed by atoms with Crippen LogP contribution in [0.25, 0.3) is 0 Å². The predicted molar refractivity (Wildman–Crippen MR) is 79.0 cm³/mol. The molecule has 20 heavy (non-hydrogen) atoms. The van der Waals surface area contributed by atoms with E-state index < -0.39 is 0 Å². The van der Waals surface area contributed by atoms with Gasteiger partial charge in [0.1, 0.15) is 5.82 Å². The molecule has 0 aliphatic carbocycles. The molecule has 1 saturated heterocycles. The fraction of sp³-hybridized carbons (Fsp3) is 0.571. The summed E-state index contributed by atoms with van der Waals surface area (Å²) in [7, 11) is 3.84. The Labute approximate surface area is 119 Å². The van der Waals surface area contributed by atoms with Crippen molar-refractivity contribution >= 4 is 17.5 Å². The van der Waals surface area contributed by atoms with Crippen LogP contribution in [0.4, 0.5) is 16.3 Å². The van der Waals surface area contributed by atoms with Crippen LogP contribution in [0.2, 0.25) is 0 Å². The van der Waals surface area contributed by atoms with Crippen LogP contribution >= 0.6 is 0 Å². The first kappa shape index (κ1) is 14.6. The number of nitrogens with zero attached hydrogens (tertiary/aromatic N) is 3. The Morgan fingerprint density at radius 1 is 1.55 bits per heavy atom. The van der Waals surface area contributed by atoms with Gasteiger partial charge in [-0.1, -0.05) is 0 Å². The van der Waals surface area contributed by atoms with Crippen LogP contribution in [-0.2, 0) is 0 Å². The molecule has 1 aliphatic rings. The first-order valence-corrected chi connectivity index (χ1v) is 6.90. The molecule has 1 aromatic heterocycles. The zero-order valence-electron chi connectivity index (χ0n) is 12.0. The zero-order valence-corrected chi connectivity index (χ0v) is 12.0. The summed E-state index contributed by atoms with van der Waals surface area (Å²) in [4.78, 5) is 20.1. The van der Waals surface area contributed by atoms with Gasteiger partial charge in [0.25, 0.3) is 0 Å². The molecule has 1 aromatic rings. The van der Waals surface area contributed by atoms with E-state index in [1.165, 1.54) is 0 Å². The van der Waals surface area contributed by atoms with Gasteiger partial charge in [0.15, 0.2) is 0 Å². The molecule has 1 fully saturated rings. The second-order valence-electron chi connectivity index (χ2n) is 5.37. The smallest absolute Gasteiger partial charge is 0.321 e. The van der Waals surface area contributed by atoms with Crippen LogP contribution in [0.1, 0.15) is 12.8 Å². The van der Waals surface area contributed by atoms with Gasteiger partial charge in [-0.25, -0.2) is 9.78 Å². The predicted octanol–water partition coefficient (Wildman–Crippen LogP) is 1.38. The van der Waals surface area contributed by atoms with Crippen LogP contribution in [0.3, 0.4) is 0 Å². The van der Waals surface area contributed by atoms with E-state index in [1.807, 2.05) is 31.1 Å². The molecule has 0 saturated carbocycles. The second-order valence-corrected chi connectivity index (χ2v) is 5.37. The maximum atomic E-state index is 12.1. The van der Waals surface area contributed by atoms with E-state index in [4.69, 9.17) is 0 Å². The molecule has 0 aromatic carbocycles. The molecular weight excluding hydrogens is 256 g/mol. The van der Waals surface area contributed by atoms with Crippen LogP contribution in [-0.4, -0.2) is 54.8 Å².